The molecule has 0 aliphatic carbocycles. The van der Waals surface area contributed by atoms with E-state index in [4.69, 9.17) is 39.6 Å². The smallest absolute Gasteiger partial charge is 0.266 e. The highest BCUT2D eigenvalue weighted by atomic mass is 35.5. The van der Waals surface area contributed by atoms with Gasteiger partial charge in [-0.2, -0.15) is 0 Å². The van der Waals surface area contributed by atoms with Crippen LogP contribution in [0.1, 0.15) is 11.6 Å². The maximum atomic E-state index is 13.5. The molecule has 0 saturated carbocycles. The SMILES string of the molecule is O=C1[C@H]2[C@H](ON(c3ccc(Cl)cc3)[C@H]2c2ccc(Cl)cc2Cl)C(=O)N1c1ccccc1. The van der Waals surface area contributed by atoms with Crippen LogP contribution in [0.5, 0.6) is 0 Å². The normalized spacial score (nSPS) is 22.9. The molecule has 31 heavy (non-hydrogen) atoms. The maximum absolute atomic E-state index is 13.5. The molecule has 0 N–H and O–H groups in total. The van der Waals surface area contributed by atoms with Crippen molar-refractivity contribution in [1.82, 2.24) is 0 Å². The Labute approximate surface area is 193 Å². The van der Waals surface area contributed by atoms with Gasteiger partial charge in [0.2, 0.25) is 5.91 Å². The van der Waals surface area contributed by atoms with Gasteiger partial charge >= 0.3 is 0 Å². The predicted octanol–water partition coefficient (Wildman–Crippen LogP) is 5.70. The molecule has 2 fully saturated rings. The lowest BCUT2D eigenvalue weighted by molar-refractivity contribution is -0.126. The van der Waals surface area contributed by atoms with Crippen LogP contribution in [-0.2, 0) is 14.4 Å². The highest BCUT2D eigenvalue weighted by molar-refractivity contribution is 6.35. The van der Waals surface area contributed by atoms with E-state index in [2.05, 4.69) is 0 Å². The third-order valence-corrected chi connectivity index (χ3v) is 6.31. The zero-order valence-electron chi connectivity index (χ0n) is 15.9. The van der Waals surface area contributed by atoms with Crippen molar-refractivity contribution in [3.8, 4) is 0 Å². The minimum Gasteiger partial charge on any atom is -0.273 e. The summed E-state index contributed by atoms with van der Waals surface area (Å²) in [6.45, 7) is 0. The van der Waals surface area contributed by atoms with E-state index in [9.17, 15) is 9.59 Å². The van der Waals surface area contributed by atoms with Crippen molar-refractivity contribution in [2.45, 2.75) is 12.1 Å². The molecule has 2 saturated heterocycles. The number of rotatable bonds is 3. The summed E-state index contributed by atoms with van der Waals surface area (Å²) in [5, 5.41) is 2.99. The van der Waals surface area contributed by atoms with Gasteiger partial charge in [0.15, 0.2) is 6.10 Å². The molecule has 2 amide bonds. The van der Waals surface area contributed by atoms with Crippen molar-refractivity contribution < 1.29 is 14.4 Å². The summed E-state index contributed by atoms with van der Waals surface area (Å²) in [5.41, 5.74) is 1.81. The van der Waals surface area contributed by atoms with Crippen molar-refractivity contribution in [2.75, 3.05) is 9.96 Å². The van der Waals surface area contributed by atoms with Crippen LogP contribution in [0.15, 0.2) is 72.8 Å². The first-order chi connectivity index (χ1) is 15.0. The van der Waals surface area contributed by atoms with Gasteiger partial charge in [-0.1, -0.05) is 59.1 Å². The molecule has 0 spiro atoms. The summed E-state index contributed by atoms with van der Waals surface area (Å²) in [6.07, 6.45) is -0.972. The number of anilines is 2. The van der Waals surface area contributed by atoms with Crippen molar-refractivity contribution in [3.63, 3.8) is 0 Å². The lowest BCUT2D eigenvalue weighted by Crippen LogP contribution is -2.37. The van der Waals surface area contributed by atoms with E-state index in [-0.39, 0.29) is 5.91 Å². The Kier molecular flexibility index (Phi) is 5.15. The molecule has 8 heteroatoms. The van der Waals surface area contributed by atoms with Crippen molar-refractivity contribution in [3.05, 3.63) is 93.4 Å². The number of imide groups is 1. The zero-order valence-corrected chi connectivity index (χ0v) is 18.2. The van der Waals surface area contributed by atoms with E-state index in [0.29, 0.717) is 32.0 Å². The summed E-state index contributed by atoms with van der Waals surface area (Å²) in [5.74, 6) is -1.52. The quantitative estimate of drug-likeness (QED) is 0.458. The number of para-hydroxylation sites is 1. The monoisotopic (exact) mass is 472 g/mol. The zero-order chi connectivity index (χ0) is 21.7. The molecule has 5 rings (SSSR count). The molecule has 2 aliphatic rings. The van der Waals surface area contributed by atoms with E-state index >= 15 is 0 Å². The molecule has 0 radical (unpaired) electrons. The average molecular weight is 474 g/mol. The van der Waals surface area contributed by atoms with E-state index in [1.165, 1.54) is 4.90 Å². The van der Waals surface area contributed by atoms with Crippen LogP contribution in [0.3, 0.4) is 0 Å². The molecule has 3 atom stereocenters. The fourth-order valence-corrected chi connectivity index (χ4v) is 4.76. The van der Waals surface area contributed by atoms with Gasteiger partial charge in [0.1, 0.15) is 5.92 Å². The lowest BCUT2D eigenvalue weighted by Gasteiger charge is -2.29. The Bertz CT molecular complexity index is 1170. The Hall–Kier alpha value is -2.57. The Morgan fingerprint density at radius 1 is 0.742 bits per heavy atom. The van der Waals surface area contributed by atoms with Crippen LogP contribution in [-0.4, -0.2) is 17.9 Å². The van der Waals surface area contributed by atoms with E-state index < -0.39 is 24.0 Å². The Balaban J connectivity index is 1.62. The predicted molar refractivity (Wildman–Crippen MR) is 120 cm³/mol. The molecule has 0 unspecified atom stereocenters. The molecular formula is C23H15Cl3N2O3. The lowest BCUT2D eigenvalue weighted by atomic mass is 9.90. The van der Waals surface area contributed by atoms with E-state index in [0.717, 1.165) is 0 Å². The number of hydroxylamine groups is 1. The van der Waals surface area contributed by atoms with Gasteiger partial charge in [0.05, 0.1) is 17.4 Å². The second-order valence-electron chi connectivity index (χ2n) is 7.31. The van der Waals surface area contributed by atoms with Gasteiger partial charge in [0, 0.05) is 15.1 Å². The van der Waals surface area contributed by atoms with E-state index in [1.54, 1.807) is 71.8 Å². The Morgan fingerprint density at radius 3 is 2.10 bits per heavy atom. The summed E-state index contributed by atoms with van der Waals surface area (Å²) >= 11 is 18.6. The molecule has 2 heterocycles. The maximum Gasteiger partial charge on any atom is 0.266 e. The highest BCUT2D eigenvalue weighted by Gasteiger charge is 2.60. The first-order valence-corrected chi connectivity index (χ1v) is 10.7. The van der Waals surface area contributed by atoms with Crippen LogP contribution >= 0.6 is 34.8 Å². The number of benzene rings is 3. The summed E-state index contributed by atoms with van der Waals surface area (Å²) in [7, 11) is 0. The minimum atomic E-state index is -0.972. The Morgan fingerprint density at radius 2 is 1.42 bits per heavy atom. The fourth-order valence-electron chi connectivity index (χ4n) is 4.12. The van der Waals surface area contributed by atoms with Gasteiger partial charge in [-0.05, 0) is 54.1 Å². The number of fused-ring (bicyclic) bond motifs is 1. The third kappa shape index (κ3) is 3.38. The summed E-state index contributed by atoms with van der Waals surface area (Å²) < 4.78 is 0. The first-order valence-electron chi connectivity index (χ1n) is 9.55. The number of amides is 2. The van der Waals surface area contributed by atoms with E-state index in [1.807, 2.05) is 6.07 Å². The molecule has 3 aromatic carbocycles. The first kappa shape index (κ1) is 20.3. The van der Waals surface area contributed by atoms with Crippen molar-refractivity contribution >= 4 is 58.0 Å². The number of carbonyl (C=O) groups is 2. The van der Waals surface area contributed by atoms with Crippen LogP contribution in [0.4, 0.5) is 11.4 Å². The topological polar surface area (TPSA) is 49.9 Å². The van der Waals surface area contributed by atoms with Crippen LogP contribution in [0.25, 0.3) is 0 Å². The van der Waals surface area contributed by atoms with Gasteiger partial charge in [-0.3, -0.25) is 14.4 Å². The minimum absolute atomic E-state index is 0.339. The molecule has 0 aromatic heterocycles. The molecule has 156 valence electrons. The average Bonchev–Trinajstić information content (AvgIpc) is 3.25. The highest BCUT2D eigenvalue weighted by Crippen LogP contribution is 2.49. The number of halogens is 3. The molecular weight excluding hydrogens is 459 g/mol. The largest absolute Gasteiger partial charge is 0.273 e. The van der Waals surface area contributed by atoms with Gasteiger partial charge < -0.3 is 0 Å². The third-order valence-electron chi connectivity index (χ3n) is 5.49. The number of nitrogens with zero attached hydrogens (tertiary/aromatic N) is 2. The van der Waals surface area contributed by atoms with Crippen LogP contribution in [0, 0.1) is 5.92 Å². The standard InChI is InChI=1S/C23H15Cl3N2O3/c24-13-6-9-16(10-7-13)28-20(17-11-8-14(25)12-18(17)26)19-21(31-28)23(30)27(22(19)29)15-4-2-1-3-5-15/h1-12,19-21H/t19-,20+,21+/m1/s1. The molecule has 0 bridgehead atoms. The van der Waals surface area contributed by atoms with Crippen molar-refractivity contribution in [1.29, 1.82) is 0 Å². The summed E-state index contributed by atoms with van der Waals surface area (Å²) in [4.78, 5) is 34.0. The number of hydrogen-bond acceptors (Lipinski definition) is 4. The van der Waals surface area contributed by atoms with Gasteiger partial charge in [-0.15, -0.1) is 0 Å². The molecule has 3 aromatic rings. The van der Waals surface area contributed by atoms with Crippen LogP contribution < -0.4 is 9.96 Å². The fraction of sp³-hybridized carbons (Fsp3) is 0.130. The second kappa shape index (κ2) is 7.84. The molecule has 5 nitrogen and oxygen atoms in total. The van der Waals surface area contributed by atoms with Gasteiger partial charge in [-0.25, -0.2) is 9.96 Å². The molecule has 2 aliphatic heterocycles. The summed E-state index contributed by atoms with van der Waals surface area (Å²) in [6, 6.07) is 20.2. The number of hydrogen-bond donors (Lipinski definition) is 0. The van der Waals surface area contributed by atoms with Crippen LogP contribution in [0.2, 0.25) is 15.1 Å². The second-order valence-corrected chi connectivity index (χ2v) is 8.59. The number of carbonyl (C=O) groups excluding carboxylic acids is 2. The van der Waals surface area contributed by atoms with Gasteiger partial charge in [0.25, 0.3) is 5.91 Å². The van der Waals surface area contributed by atoms with Crippen molar-refractivity contribution in [2.24, 2.45) is 5.92 Å².